The Morgan fingerprint density at radius 3 is 1.24 bits per heavy atom. The van der Waals surface area contributed by atoms with Crippen molar-refractivity contribution < 1.29 is 0 Å². The first-order valence-corrected chi connectivity index (χ1v) is 20.5. The molecule has 2 aliphatic carbocycles. The number of aromatic nitrogens is 1. The Hall–Kier alpha value is -7.61. The van der Waals surface area contributed by atoms with Gasteiger partial charge < -0.3 is 0 Å². The predicted molar refractivity (Wildman–Crippen MR) is 245 cm³/mol. The zero-order chi connectivity index (χ0) is 38.9. The Bertz CT molecular complexity index is 3090. The van der Waals surface area contributed by atoms with E-state index in [0.29, 0.717) is 0 Å². The van der Waals surface area contributed by atoms with Crippen LogP contribution in [0.3, 0.4) is 0 Å². The molecule has 10 aromatic rings. The molecule has 0 amide bonds. The summed E-state index contributed by atoms with van der Waals surface area (Å²) in [5, 5.41) is 2.52. The summed E-state index contributed by atoms with van der Waals surface area (Å²) >= 11 is 0. The highest BCUT2D eigenvalue weighted by Gasteiger charge is 2.53. The first kappa shape index (κ1) is 33.5. The Kier molecular flexibility index (Phi) is 7.52. The minimum absolute atomic E-state index is 0.464. The number of fused-ring (bicyclic) bond motifs is 12. The third-order valence-corrected chi connectivity index (χ3v) is 12.7. The fourth-order valence-corrected chi connectivity index (χ4v) is 10.1. The molecule has 0 N–H and O–H groups in total. The summed E-state index contributed by atoms with van der Waals surface area (Å²) in [6, 6.07) is 82.3. The van der Waals surface area contributed by atoms with Crippen LogP contribution in [0.5, 0.6) is 0 Å². The number of rotatable bonds is 5. The average Bonchev–Trinajstić information content (AvgIpc) is 3.80. The Morgan fingerprint density at radius 1 is 0.288 bits per heavy atom. The zero-order valence-corrected chi connectivity index (χ0v) is 32.3. The maximum absolute atomic E-state index is 5.43. The molecule has 1 aromatic heterocycles. The van der Waals surface area contributed by atoms with E-state index in [1.807, 2.05) is 0 Å². The molecule has 0 radical (unpaired) electrons. The predicted octanol–water partition coefficient (Wildman–Crippen LogP) is 14.9. The van der Waals surface area contributed by atoms with Gasteiger partial charge in [0.2, 0.25) is 0 Å². The smallest absolute Gasteiger partial charge is 0.0731 e. The van der Waals surface area contributed by atoms with Crippen LogP contribution in [0.2, 0.25) is 0 Å². The van der Waals surface area contributed by atoms with E-state index in [1.54, 1.807) is 0 Å². The van der Waals surface area contributed by atoms with Gasteiger partial charge in [-0.1, -0.05) is 206 Å². The molecule has 1 heterocycles. The SMILES string of the molecule is c1ccc(-c2ccc(-c3cc(-c4cc5ccccc5c5c4-c4ccccc4C54c5ccccc5-c5ccccc54)cc(-c4ccc(-c5ccccc5)cc4)n3)cc2)cc1. The second kappa shape index (κ2) is 13.2. The van der Waals surface area contributed by atoms with E-state index in [2.05, 4.69) is 224 Å². The normalized spacial score (nSPS) is 12.9. The van der Waals surface area contributed by atoms with Crippen LogP contribution in [-0.2, 0) is 5.41 Å². The van der Waals surface area contributed by atoms with Crippen LogP contribution in [-0.4, -0.2) is 4.98 Å². The molecule has 0 atom stereocenters. The van der Waals surface area contributed by atoms with Crippen molar-refractivity contribution in [3.05, 3.63) is 247 Å². The summed E-state index contributed by atoms with van der Waals surface area (Å²) in [7, 11) is 0. The maximum Gasteiger partial charge on any atom is 0.0731 e. The van der Waals surface area contributed by atoms with Crippen LogP contribution in [0.15, 0.2) is 224 Å². The van der Waals surface area contributed by atoms with Gasteiger partial charge in [-0.15, -0.1) is 0 Å². The van der Waals surface area contributed by atoms with E-state index in [9.17, 15) is 0 Å². The number of benzene rings is 9. The highest BCUT2D eigenvalue weighted by atomic mass is 14.7. The van der Waals surface area contributed by atoms with Crippen LogP contribution in [0.1, 0.15) is 22.3 Å². The minimum Gasteiger partial charge on any atom is -0.248 e. The molecule has 59 heavy (non-hydrogen) atoms. The molecule has 274 valence electrons. The van der Waals surface area contributed by atoms with Gasteiger partial charge in [0, 0.05) is 11.1 Å². The van der Waals surface area contributed by atoms with E-state index in [4.69, 9.17) is 4.98 Å². The second-order valence-corrected chi connectivity index (χ2v) is 15.8. The van der Waals surface area contributed by atoms with Gasteiger partial charge in [-0.3, -0.25) is 0 Å². The van der Waals surface area contributed by atoms with Crippen LogP contribution < -0.4 is 0 Å². The molecule has 0 saturated heterocycles. The van der Waals surface area contributed by atoms with E-state index in [0.717, 1.165) is 28.1 Å². The highest BCUT2D eigenvalue weighted by molar-refractivity contribution is 6.09. The molecule has 0 aliphatic heterocycles. The minimum atomic E-state index is -0.464. The Labute approximate surface area is 344 Å². The lowest BCUT2D eigenvalue weighted by atomic mass is 9.69. The summed E-state index contributed by atoms with van der Waals surface area (Å²) in [5.41, 5.74) is 21.4. The van der Waals surface area contributed by atoms with E-state index < -0.39 is 5.41 Å². The zero-order valence-electron chi connectivity index (χ0n) is 32.3. The summed E-state index contributed by atoms with van der Waals surface area (Å²) in [6.07, 6.45) is 0. The lowest BCUT2D eigenvalue weighted by Gasteiger charge is -2.31. The van der Waals surface area contributed by atoms with Gasteiger partial charge in [0.25, 0.3) is 0 Å². The Balaban J connectivity index is 1.13. The second-order valence-electron chi connectivity index (χ2n) is 15.8. The molecule has 0 fully saturated rings. The average molecular weight is 748 g/mol. The molecular weight excluding hydrogens is 711 g/mol. The molecule has 9 aromatic carbocycles. The van der Waals surface area contributed by atoms with Crippen molar-refractivity contribution >= 4 is 10.8 Å². The molecule has 1 spiro atoms. The topological polar surface area (TPSA) is 12.9 Å². The van der Waals surface area contributed by atoms with Crippen LogP contribution in [0.25, 0.3) is 88.9 Å². The van der Waals surface area contributed by atoms with Crippen molar-refractivity contribution in [1.82, 2.24) is 4.98 Å². The van der Waals surface area contributed by atoms with Gasteiger partial charge >= 0.3 is 0 Å². The molecular formula is C58H37N. The molecule has 12 rings (SSSR count). The van der Waals surface area contributed by atoms with Crippen molar-refractivity contribution in [2.75, 3.05) is 0 Å². The number of hydrogen-bond donors (Lipinski definition) is 0. The van der Waals surface area contributed by atoms with Gasteiger partial charge in [0.15, 0.2) is 0 Å². The van der Waals surface area contributed by atoms with E-state index >= 15 is 0 Å². The molecule has 1 heteroatoms. The summed E-state index contributed by atoms with van der Waals surface area (Å²) in [4.78, 5) is 5.43. The number of nitrogens with zero attached hydrogens (tertiary/aromatic N) is 1. The van der Waals surface area contributed by atoms with Crippen molar-refractivity contribution in [2.45, 2.75) is 5.41 Å². The van der Waals surface area contributed by atoms with Crippen molar-refractivity contribution in [1.29, 1.82) is 0 Å². The van der Waals surface area contributed by atoms with Gasteiger partial charge in [0.05, 0.1) is 16.8 Å². The lowest BCUT2D eigenvalue weighted by Crippen LogP contribution is -2.26. The van der Waals surface area contributed by atoms with Gasteiger partial charge in [-0.25, -0.2) is 4.98 Å². The van der Waals surface area contributed by atoms with Gasteiger partial charge in [-0.2, -0.15) is 0 Å². The number of pyridine rings is 1. The molecule has 0 bridgehead atoms. The quantitative estimate of drug-likeness (QED) is 0.171. The van der Waals surface area contributed by atoms with Crippen molar-refractivity contribution in [3.8, 4) is 78.1 Å². The lowest BCUT2D eigenvalue weighted by molar-refractivity contribution is 0.801. The first-order chi connectivity index (χ1) is 29.3. The van der Waals surface area contributed by atoms with Crippen LogP contribution >= 0.6 is 0 Å². The third kappa shape index (κ3) is 5.08. The van der Waals surface area contributed by atoms with Crippen molar-refractivity contribution in [2.24, 2.45) is 0 Å². The fourth-order valence-electron chi connectivity index (χ4n) is 10.1. The largest absolute Gasteiger partial charge is 0.248 e. The molecule has 0 saturated carbocycles. The summed E-state index contributed by atoms with van der Waals surface area (Å²) in [6.45, 7) is 0. The van der Waals surface area contributed by atoms with E-state index in [1.165, 1.54) is 83.1 Å². The fraction of sp³-hybridized carbons (Fsp3) is 0.0172. The molecule has 0 unspecified atom stereocenters. The van der Waals surface area contributed by atoms with Gasteiger partial charge in [-0.05, 0) is 107 Å². The van der Waals surface area contributed by atoms with Gasteiger partial charge in [0.1, 0.15) is 0 Å². The summed E-state index contributed by atoms with van der Waals surface area (Å²) < 4.78 is 0. The standard InChI is InChI=1S/C58H37N/c1-3-15-38(16-4-1)40-27-31-42(32-28-40)54-36-45(37-55(59-54)43-33-29-41(30-34-43)39-17-5-2-6-18-39)50-35-44-19-7-8-20-46(44)57-56(50)49-23-11-14-26-53(49)58(57)51-24-12-9-21-47(51)48-22-10-13-25-52(48)58/h1-37H. The highest BCUT2D eigenvalue weighted by Crippen LogP contribution is 2.65. The third-order valence-electron chi connectivity index (χ3n) is 12.7. The summed E-state index contributed by atoms with van der Waals surface area (Å²) in [5.74, 6) is 0. The Morgan fingerprint density at radius 2 is 0.695 bits per heavy atom. The van der Waals surface area contributed by atoms with E-state index in [-0.39, 0.29) is 0 Å². The van der Waals surface area contributed by atoms with Crippen LogP contribution in [0.4, 0.5) is 0 Å². The first-order valence-electron chi connectivity index (χ1n) is 20.5. The molecule has 1 nitrogen and oxygen atoms in total. The molecule has 2 aliphatic rings. The van der Waals surface area contributed by atoms with Crippen molar-refractivity contribution in [3.63, 3.8) is 0 Å². The monoisotopic (exact) mass is 747 g/mol. The van der Waals surface area contributed by atoms with Crippen LogP contribution in [0, 0.1) is 0 Å². The maximum atomic E-state index is 5.43. The number of hydrogen-bond acceptors (Lipinski definition) is 1.